The lowest BCUT2D eigenvalue weighted by Crippen LogP contribution is -2.39. The van der Waals surface area contributed by atoms with Crippen LogP contribution in [0.2, 0.25) is 15.1 Å². The Morgan fingerprint density at radius 3 is 2.25 bits per heavy atom. The number of hydrogen-bond acceptors (Lipinski definition) is 2. The van der Waals surface area contributed by atoms with Crippen molar-refractivity contribution in [2.75, 3.05) is 11.4 Å². The highest BCUT2D eigenvalue weighted by atomic mass is 35.5. The molecule has 2 aromatic carbocycles. The second-order valence-electron chi connectivity index (χ2n) is 5.11. The molecule has 0 saturated heterocycles. The van der Waals surface area contributed by atoms with E-state index < -0.39 is 0 Å². The van der Waals surface area contributed by atoms with Gasteiger partial charge in [-0.15, -0.1) is 0 Å². The molecule has 7 heteroatoms. The SMILES string of the molecule is CC(=O)N(CC(=O)NCc1ccc(Cl)cc1)c1ccc(Cl)c(Cl)c1. The van der Waals surface area contributed by atoms with Crippen LogP contribution < -0.4 is 10.2 Å². The maximum atomic E-state index is 12.1. The lowest BCUT2D eigenvalue weighted by Gasteiger charge is -2.21. The van der Waals surface area contributed by atoms with Crippen LogP contribution in [0, 0.1) is 0 Å². The largest absolute Gasteiger partial charge is 0.350 e. The molecule has 0 aromatic heterocycles. The first-order chi connectivity index (χ1) is 11.4. The van der Waals surface area contributed by atoms with Crippen LogP contribution in [-0.4, -0.2) is 18.4 Å². The topological polar surface area (TPSA) is 49.4 Å². The number of nitrogens with one attached hydrogen (secondary N) is 1. The molecule has 0 aliphatic carbocycles. The van der Waals surface area contributed by atoms with Gasteiger partial charge in [-0.25, -0.2) is 0 Å². The zero-order chi connectivity index (χ0) is 17.7. The van der Waals surface area contributed by atoms with Crippen molar-refractivity contribution in [3.63, 3.8) is 0 Å². The first-order valence-electron chi connectivity index (χ1n) is 7.11. The van der Waals surface area contributed by atoms with Crippen molar-refractivity contribution in [3.8, 4) is 0 Å². The number of anilines is 1. The Bertz CT molecular complexity index is 748. The van der Waals surface area contributed by atoms with E-state index in [1.54, 1.807) is 30.3 Å². The number of halogens is 3. The zero-order valence-corrected chi connectivity index (χ0v) is 15.1. The summed E-state index contributed by atoms with van der Waals surface area (Å²) in [6.07, 6.45) is 0. The van der Waals surface area contributed by atoms with Crippen LogP contribution in [-0.2, 0) is 16.1 Å². The molecule has 1 N–H and O–H groups in total. The van der Waals surface area contributed by atoms with E-state index in [4.69, 9.17) is 34.8 Å². The molecule has 0 heterocycles. The van der Waals surface area contributed by atoms with Gasteiger partial charge in [-0.3, -0.25) is 9.59 Å². The molecule has 2 aromatic rings. The van der Waals surface area contributed by atoms with Gasteiger partial charge in [-0.2, -0.15) is 0 Å². The molecule has 0 bridgehead atoms. The average molecular weight is 386 g/mol. The van der Waals surface area contributed by atoms with Crippen LogP contribution in [0.1, 0.15) is 12.5 Å². The van der Waals surface area contributed by atoms with Gasteiger partial charge in [0, 0.05) is 24.2 Å². The number of amides is 2. The van der Waals surface area contributed by atoms with E-state index in [9.17, 15) is 9.59 Å². The van der Waals surface area contributed by atoms with Gasteiger partial charge in [0.1, 0.15) is 6.54 Å². The molecule has 0 unspecified atom stereocenters. The van der Waals surface area contributed by atoms with Crippen LogP contribution in [0.4, 0.5) is 5.69 Å². The van der Waals surface area contributed by atoms with Crippen LogP contribution in [0.3, 0.4) is 0 Å². The maximum Gasteiger partial charge on any atom is 0.240 e. The molecule has 0 atom stereocenters. The highest BCUT2D eigenvalue weighted by Crippen LogP contribution is 2.27. The summed E-state index contributed by atoms with van der Waals surface area (Å²) in [5, 5.41) is 4.10. The Hall–Kier alpha value is -1.75. The van der Waals surface area contributed by atoms with E-state index in [1.165, 1.54) is 11.8 Å². The third kappa shape index (κ3) is 5.13. The lowest BCUT2D eigenvalue weighted by molar-refractivity contribution is -0.123. The molecule has 2 amide bonds. The van der Waals surface area contributed by atoms with Crippen molar-refractivity contribution < 1.29 is 9.59 Å². The molecule has 0 aliphatic rings. The molecule has 0 spiro atoms. The summed E-state index contributed by atoms with van der Waals surface area (Å²) in [6, 6.07) is 11.9. The predicted molar refractivity (Wildman–Crippen MR) is 97.8 cm³/mol. The summed E-state index contributed by atoms with van der Waals surface area (Å²) in [5.74, 6) is -0.554. The predicted octanol–water partition coefficient (Wildman–Crippen LogP) is 4.32. The summed E-state index contributed by atoms with van der Waals surface area (Å²) in [4.78, 5) is 25.3. The lowest BCUT2D eigenvalue weighted by atomic mass is 10.2. The third-order valence-electron chi connectivity index (χ3n) is 3.30. The van der Waals surface area contributed by atoms with Gasteiger partial charge in [-0.1, -0.05) is 46.9 Å². The van der Waals surface area contributed by atoms with Crippen molar-refractivity contribution in [1.29, 1.82) is 0 Å². The van der Waals surface area contributed by atoms with E-state index >= 15 is 0 Å². The summed E-state index contributed by atoms with van der Waals surface area (Å²) in [5.41, 5.74) is 1.43. The molecule has 0 saturated carbocycles. The van der Waals surface area contributed by atoms with Gasteiger partial charge in [0.2, 0.25) is 11.8 Å². The van der Waals surface area contributed by atoms with Crippen molar-refractivity contribution in [2.45, 2.75) is 13.5 Å². The standard InChI is InChI=1S/C17H15Cl3N2O2/c1-11(23)22(14-6-7-15(19)16(20)8-14)10-17(24)21-9-12-2-4-13(18)5-3-12/h2-8H,9-10H2,1H3,(H,21,24). The van der Waals surface area contributed by atoms with E-state index in [2.05, 4.69) is 5.32 Å². The molecule has 0 aliphatic heterocycles. The number of carbonyl (C=O) groups excluding carboxylic acids is 2. The second-order valence-corrected chi connectivity index (χ2v) is 6.36. The van der Waals surface area contributed by atoms with E-state index in [0.717, 1.165) is 5.56 Å². The Morgan fingerprint density at radius 2 is 1.67 bits per heavy atom. The minimum Gasteiger partial charge on any atom is -0.350 e. The Kier molecular flexibility index (Phi) is 6.49. The molecule has 4 nitrogen and oxygen atoms in total. The van der Waals surface area contributed by atoms with E-state index in [-0.39, 0.29) is 18.4 Å². The smallest absolute Gasteiger partial charge is 0.240 e. The van der Waals surface area contributed by atoms with Crippen LogP contribution in [0.25, 0.3) is 0 Å². The highest BCUT2D eigenvalue weighted by Gasteiger charge is 2.16. The number of hydrogen-bond donors (Lipinski definition) is 1. The average Bonchev–Trinajstić information content (AvgIpc) is 2.54. The van der Waals surface area contributed by atoms with E-state index in [1.807, 2.05) is 12.1 Å². The van der Waals surface area contributed by atoms with Crippen molar-refractivity contribution in [2.24, 2.45) is 0 Å². The molecule has 24 heavy (non-hydrogen) atoms. The molecule has 2 rings (SSSR count). The van der Waals surface area contributed by atoms with Crippen LogP contribution >= 0.6 is 34.8 Å². The number of rotatable bonds is 5. The fourth-order valence-electron chi connectivity index (χ4n) is 2.04. The molecule has 126 valence electrons. The Balaban J connectivity index is 2.01. The molecular formula is C17H15Cl3N2O2. The van der Waals surface area contributed by atoms with Crippen molar-refractivity contribution >= 4 is 52.3 Å². The normalized spacial score (nSPS) is 10.3. The minimum atomic E-state index is -0.286. The second kappa shape index (κ2) is 8.38. The van der Waals surface area contributed by atoms with Gasteiger partial charge in [-0.05, 0) is 35.9 Å². The van der Waals surface area contributed by atoms with Gasteiger partial charge in [0.15, 0.2) is 0 Å². The van der Waals surface area contributed by atoms with Gasteiger partial charge < -0.3 is 10.2 Å². The summed E-state index contributed by atoms with van der Waals surface area (Å²) in [7, 11) is 0. The summed E-state index contributed by atoms with van der Waals surface area (Å²) < 4.78 is 0. The van der Waals surface area contributed by atoms with Crippen molar-refractivity contribution in [1.82, 2.24) is 5.32 Å². The zero-order valence-electron chi connectivity index (χ0n) is 12.9. The number of carbonyl (C=O) groups is 2. The maximum absolute atomic E-state index is 12.1. The van der Waals surface area contributed by atoms with Crippen molar-refractivity contribution in [3.05, 3.63) is 63.1 Å². The fraction of sp³-hybridized carbons (Fsp3) is 0.176. The quantitative estimate of drug-likeness (QED) is 0.833. The van der Waals surface area contributed by atoms with Gasteiger partial charge >= 0.3 is 0 Å². The monoisotopic (exact) mass is 384 g/mol. The van der Waals surface area contributed by atoms with E-state index in [0.29, 0.717) is 27.3 Å². The number of nitrogens with zero attached hydrogens (tertiary/aromatic N) is 1. The summed E-state index contributed by atoms with van der Waals surface area (Å²) >= 11 is 17.7. The molecule has 0 radical (unpaired) electrons. The van der Waals surface area contributed by atoms with Crippen LogP contribution in [0.15, 0.2) is 42.5 Å². The Labute approximate surface area is 155 Å². The van der Waals surface area contributed by atoms with Gasteiger partial charge in [0.25, 0.3) is 0 Å². The Morgan fingerprint density at radius 1 is 1.00 bits per heavy atom. The first kappa shape index (κ1) is 18.6. The highest BCUT2D eigenvalue weighted by molar-refractivity contribution is 6.42. The third-order valence-corrected chi connectivity index (χ3v) is 4.29. The van der Waals surface area contributed by atoms with Gasteiger partial charge in [0.05, 0.1) is 10.0 Å². The molecule has 0 fully saturated rings. The number of benzene rings is 2. The van der Waals surface area contributed by atoms with Crippen LogP contribution in [0.5, 0.6) is 0 Å². The first-order valence-corrected chi connectivity index (χ1v) is 8.24. The fourth-order valence-corrected chi connectivity index (χ4v) is 2.46. The molecular weight excluding hydrogens is 371 g/mol. The summed E-state index contributed by atoms with van der Waals surface area (Å²) in [6.45, 7) is 1.62. The minimum absolute atomic E-state index is 0.110.